The van der Waals surface area contributed by atoms with Crippen LogP contribution in [0.2, 0.25) is 0 Å². The minimum atomic E-state index is -0.419. The van der Waals surface area contributed by atoms with Gasteiger partial charge in [-0.05, 0) is 126 Å². The van der Waals surface area contributed by atoms with E-state index < -0.39 is 5.60 Å². The summed E-state index contributed by atoms with van der Waals surface area (Å²) in [7, 11) is 0. The molecule has 0 spiro atoms. The molecular weight excluding hydrogens is 346 g/mol. The van der Waals surface area contributed by atoms with Gasteiger partial charge in [0.15, 0.2) is 0 Å². The number of rotatable bonds is 3. The number of hydrogen-bond donors (Lipinski definition) is 1. The van der Waals surface area contributed by atoms with Crippen molar-refractivity contribution in [3.63, 3.8) is 0 Å². The Kier molecular flexibility index (Phi) is 4.94. The first-order valence-corrected chi connectivity index (χ1v) is 12.3. The average molecular weight is 388 g/mol. The van der Waals surface area contributed by atoms with Crippen molar-refractivity contribution in [3.8, 4) is 0 Å². The number of carbonyl (C=O) groups excluding carboxylic acids is 1. The number of carbonyl (C=O) groups is 1. The highest BCUT2D eigenvalue weighted by molar-refractivity contribution is 5.84. The summed E-state index contributed by atoms with van der Waals surface area (Å²) >= 11 is 0. The lowest BCUT2D eigenvalue weighted by Crippen LogP contribution is -2.51. The summed E-state index contributed by atoms with van der Waals surface area (Å²) in [5.41, 5.74) is -0.150. The molecule has 5 rings (SSSR count). The summed E-state index contributed by atoms with van der Waals surface area (Å²) in [6.45, 7) is 7.54. The van der Waals surface area contributed by atoms with Gasteiger partial charge in [0.25, 0.3) is 0 Å². The van der Waals surface area contributed by atoms with Crippen LogP contribution in [-0.4, -0.2) is 41.0 Å². The molecule has 3 heteroatoms. The molecule has 0 aromatic heterocycles. The van der Waals surface area contributed by atoms with Gasteiger partial charge in [0, 0.05) is 5.92 Å². The van der Waals surface area contributed by atoms with Gasteiger partial charge in [-0.15, -0.1) is 0 Å². The topological polar surface area (TPSA) is 40.5 Å². The van der Waals surface area contributed by atoms with Gasteiger partial charge < -0.3 is 5.11 Å². The van der Waals surface area contributed by atoms with E-state index in [1.54, 1.807) is 0 Å². The smallest absolute Gasteiger partial charge is 0.150 e. The van der Waals surface area contributed by atoms with E-state index in [0.29, 0.717) is 11.7 Å². The maximum absolute atomic E-state index is 13.3. The van der Waals surface area contributed by atoms with Gasteiger partial charge >= 0.3 is 0 Å². The zero-order chi connectivity index (χ0) is 19.5. The second-order valence-electron chi connectivity index (χ2n) is 11.8. The van der Waals surface area contributed by atoms with Crippen molar-refractivity contribution >= 4 is 5.78 Å². The fourth-order valence-electron chi connectivity index (χ4n) is 8.88. The molecule has 0 aromatic carbocycles. The van der Waals surface area contributed by atoms with Gasteiger partial charge in [-0.25, -0.2) is 0 Å². The molecule has 5 aliphatic rings. The summed E-state index contributed by atoms with van der Waals surface area (Å²) in [5, 5.41) is 10.6. The molecule has 1 heterocycles. The van der Waals surface area contributed by atoms with Crippen LogP contribution < -0.4 is 0 Å². The van der Waals surface area contributed by atoms with Crippen LogP contribution in [0.4, 0.5) is 0 Å². The van der Waals surface area contributed by atoms with Crippen LogP contribution in [0.3, 0.4) is 0 Å². The molecule has 5 fully saturated rings. The first-order valence-electron chi connectivity index (χ1n) is 12.3. The molecule has 3 nitrogen and oxygen atoms in total. The highest BCUT2D eigenvalue weighted by Crippen LogP contribution is 2.64. The monoisotopic (exact) mass is 387 g/mol. The minimum absolute atomic E-state index is 0.269. The maximum atomic E-state index is 13.3. The normalized spacial score (nSPS) is 51.4. The Bertz CT molecular complexity index is 610. The van der Waals surface area contributed by atoms with Crippen molar-refractivity contribution < 1.29 is 9.90 Å². The average Bonchev–Trinajstić information content (AvgIpc) is 3.27. The van der Waals surface area contributed by atoms with E-state index in [-0.39, 0.29) is 5.41 Å². The molecule has 0 aromatic rings. The van der Waals surface area contributed by atoms with Crippen molar-refractivity contribution in [1.29, 1.82) is 0 Å². The maximum Gasteiger partial charge on any atom is 0.150 e. The van der Waals surface area contributed by atoms with Crippen LogP contribution in [0, 0.1) is 40.9 Å². The van der Waals surface area contributed by atoms with Crippen LogP contribution in [0.5, 0.6) is 0 Å². The van der Waals surface area contributed by atoms with E-state index >= 15 is 0 Å². The Morgan fingerprint density at radius 2 is 1.68 bits per heavy atom. The lowest BCUT2D eigenvalue weighted by Gasteiger charge is -2.56. The number of likely N-dealkylation sites (tertiary alicyclic amines) is 1. The van der Waals surface area contributed by atoms with E-state index in [2.05, 4.69) is 18.7 Å². The van der Waals surface area contributed by atoms with E-state index in [0.717, 1.165) is 68.5 Å². The fraction of sp³-hybridized carbons (Fsp3) is 0.960. The Hall–Kier alpha value is -0.410. The van der Waals surface area contributed by atoms with Crippen LogP contribution in [-0.2, 0) is 4.79 Å². The molecular formula is C25H41NO2. The number of Topliss-reactive ketones (excluding diaryl/α,β-unsaturated/α-hetero) is 1. The third kappa shape index (κ3) is 3.20. The SMILES string of the molecule is C[C@@]1(O)CC[C@H]2[C@H](CC[C@@H]3[C@@H]2CC[C@]2(C)[C@@H](C(=O)CN4CCCC4)CC[C@@H]32)C1. The number of nitrogens with zero attached hydrogens (tertiary/aromatic N) is 1. The summed E-state index contributed by atoms with van der Waals surface area (Å²) in [6.07, 6.45) is 13.5. The Morgan fingerprint density at radius 3 is 2.46 bits per heavy atom. The predicted molar refractivity (Wildman–Crippen MR) is 112 cm³/mol. The molecule has 0 bridgehead atoms. The third-order valence-electron chi connectivity index (χ3n) is 10.2. The van der Waals surface area contributed by atoms with Crippen LogP contribution in [0.1, 0.15) is 84.5 Å². The molecule has 1 saturated heterocycles. The molecule has 4 saturated carbocycles. The molecule has 0 amide bonds. The molecule has 0 radical (unpaired) electrons. The van der Waals surface area contributed by atoms with Gasteiger partial charge in [-0.2, -0.15) is 0 Å². The molecule has 0 unspecified atom stereocenters. The molecule has 28 heavy (non-hydrogen) atoms. The summed E-state index contributed by atoms with van der Waals surface area (Å²) in [4.78, 5) is 15.7. The van der Waals surface area contributed by atoms with Crippen molar-refractivity contribution in [2.75, 3.05) is 19.6 Å². The molecule has 1 aliphatic heterocycles. The van der Waals surface area contributed by atoms with Gasteiger partial charge in [0.2, 0.25) is 0 Å². The molecule has 158 valence electrons. The van der Waals surface area contributed by atoms with E-state index in [1.807, 2.05) is 0 Å². The number of fused-ring (bicyclic) bond motifs is 5. The van der Waals surface area contributed by atoms with Gasteiger partial charge in [-0.3, -0.25) is 9.69 Å². The quantitative estimate of drug-likeness (QED) is 0.765. The van der Waals surface area contributed by atoms with Crippen LogP contribution in [0.25, 0.3) is 0 Å². The van der Waals surface area contributed by atoms with Crippen molar-refractivity contribution in [1.82, 2.24) is 4.90 Å². The Morgan fingerprint density at radius 1 is 0.929 bits per heavy atom. The lowest BCUT2D eigenvalue weighted by molar-refractivity contribution is -0.133. The van der Waals surface area contributed by atoms with Crippen molar-refractivity contribution in [2.24, 2.45) is 40.9 Å². The van der Waals surface area contributed by atoms with Crippen molar-refractivity contribution in [3.05, 3.63) is 0 Å². The van der Waals surface area contributed by atoms with E-state index in [1.165, 1.54) is 51.4 Å². The first-order chi connectivity index (χ1) is 13.4. The number of ketones is 1. The third-order valence-corrected chi connectivity index (χ3v) is 10.2. The highest BCUT2D eigenvalue weighted by Gasteiger charge is 2.58. The fourth-order valence-corrected chi connectivity index (χ4v) is 8.88. The van der Waals surface area contributed by atoms with Crippen LogP contribution in [0.15, 0.2) is 0 Å². The lowest BCUT2D eigenvalue weighted by atomic mass is 9.49. The zero-order valence-corrected chi connectivity index (χ0v) is 18.2. The minimum Gasteiger partial charge on any atom is -0.390 e. The summed E-state index contributed by atoms with van der Waals surface area (Å²) in [6, 6.07) is 0. The first kappa shape index (κ1) is 19.5. The van der Waals surface area contributed by atoms with E-state index in [9.17, 15) is 9.90 Å². The molecule has 8 atom stereocenters. The molecule has 4 aliphatic carbocycles. The number of aliphatic hydroxyl groups is 1. The van der Waals surface area contributed by atoms with Crippen LogP contribution >= 0.6 is 0 Å². The number of hydrogen-bond acceptors (Lipinski definition) is 3. The Labute approximate surface area is 171 Å². The summed E-state index contributed by atoms with van der Waals surface area (Å²) in [5.74, 6) is 5.00. The Balaban J connectivity index is 1.29. The van der Waals surface area contributed by atoms with Gasteiger partial charge in [-0.1, -0.05) is 6.92 Å². The second-order valence-corrected chi connectivity index (χ2v) is 11.8. The second kappa shape index (κ2) is 7.08. The zero-order valence-electron chi connectivity index (χ0n) is 18.2. The van der Waals surface area contributed by atoms with Gasteiger partial charge in [0.1, 0.15) is 5.78 Å². The summed E-state index contributed by atoms with van der Waals surface area (Å²) < 4.78 is 0. The predicted octanol–water partition coefficient (Wildman–Crippen LogP) is 4.67. The molecule has 1 N–H and O–H groups in total. The van der Waals surface area contributed by atoms with Crippen molar-refractivity contribution in [2.45, 2.75) is 90.1 Å². The largest absolute Gasteiger partial charge is 0.390 e. The van der Waals surface area contributed by atoms with Gasteiger partial charge in [0.05, 0.1) is 12.1 Å². The van der Waals surface area contributed by atoms with E-state index in [4.69, 9.17) is 0 Å². The standard InChI is InChI=1S/C25H41NO2/c1-24(28)11-9-18-17(15-24)5-6-20-19(18)10-12-25(2)21(20)7-8-22(25)23(27)16-26-13-3-4-14-26/h17-22,28H,3-16H2,1-2H3/t17-,18+,19-,20-,21+,22-,24-,25+/m1/s1. The highest BCUT2D eigenvalue weighted by atomic mass is 16.3.